The molecule has 0 aliphatic carbocycles. The van der Waals surface area contributed by atoms with E-state index in [0.29, 0.717) is 0 Å². The highest BCUT2D eigenvalue weighted by molar-refractivity contribution is 6.84. The summed E-state index contributed by atoms with van der Waals surface area (Å²) in [5.74, 6) is -0.239. The number of para-hydroxylation sites is 2. The number of nitro benzene ring substituents is 1. The van der Waals surface area contributed by atoms with Crippen molar-refractivity contribution in [2.24, 2.45) is 0 Å². The van der Waals surface area contributed by atoms with E-state index < -0.39 is 46.6 Å². The number of anilines is 1. The van der Waals surface area contributed by atoms with Gasteiger partial charge in [0.25, 0.3) is 5.88 Å². The summed E-state index contributed by atoms with van der Waals surface area (Å²) < 4.78 is 34.9. The van der Waals surface area contributed by atoms with Gasteiger partial charge in [-0.05, 0) is 28.2 Å². The first kappa shape index (κ1) is 32.4. The highest BCUT2D eigenvalue weighted by Gasteiger charge is 2.61. The molecule has 2 aromatic heterocycles. The standard InChI is InChI=1S/C28H42N6O8Si2/c1-15(2)43(16(3)4)38-13-21-24(41-44(42-43,17(5)6)18(7)8)23(35)27(40-21)33-14-30-22-25(33)31-28(29)32-26(22)39-20-12-10-9-11-19(20)34(36)37/h9-12,14-18,21,23-24,27,35H,13H2,1-8H3,(H2,29,31,32)/t21-,23-,24-,27-/m1/s1. The molecule has 2 fully saturated rings. The second-order valence-electron chi connectivity index (χ2n) is 12.7. The third-order valence-electron chi connectivity index (χ3n) is 8.59. The number of benzene rings is 1. The fourth-order valence-electron chi connectivity index (χ4n) is 6.33. The van der Waals surface area contributed by atoms with Crippen molar-refractivity contribution in [2.75, 3.05) is 12.3 Å². The number of fused-ring (bicyclic) bond motifs is 2. The molecule has 2 aliphatic rings. The van der Waals surface area contributed by atoms with Crippen molar-refractivity contribution in [3.63, 3.8) is 0 Å². The number of hydrogen-bond donors (Lipinski definition) is 2. The molecule has 44 heavy (non-hydrogen) atoms. The van der Waals surface area contributed by atoms with Crippen LogP contribution in [0.25, 0.3) is 11.2 Å². The summed E-state index contributed by atoms with van der Waals surface area (Å²) in [5, 5.41) is 23.3. The molecular weight excluding hydrogens is 605 g/mol. The second-order valence-corrected chi connectivity index (χ2v) is 21.5. The largest absolute Gasteiger partial charge is 0.429 e. The van der Waals surface area contributed by atoms with Crippen LogP contribution in [-0.2, 0) is 17.7 Å². The van der Waals surface area contributed by atoms with Crippen LogP contribution in [0.3, 0.4) is 0 Å². The van der Waals surface area contributed by atoms with Crippen LogP contribution >= 0.6 is 0 Å². The Morgan fingerprint density at radius 3 is 2.30 bits per heavy atom. The molecule has 0 saturated carbocycles. The first-order chi connectivity index (χ1) is 20.7. The molecule has 0 unspecified atom stereocenters. The van der Waals surface area contributed by atoms with Gasteiger partial charge in [0.05, 0.1) is 17.9 Å². The van der Waals surface area contributed by atoms with E-state index in [1.165, 1.54) is 24.5 Å². The van der Waals surface area contributed by atoms with Gasteiger partial charge in [-0.1, -0.05) is 67.5 Å². The lowest BCUT2D eigenvalue weighted by molar-refractivity contribution is -0.385. The molecule has 3 aromatic rings. The number of hydrogen-bond acceptors (Lipinski definition) is 12. The topological polar surface area (TPSA) is 179 Å². The zero-order valence-electron chi connectivity index (χ0n) is 26.3. The Hall–Kier alpha value is -3.00. The van der Waals surface area contributed by atoms with Crippen molar-refractivity contribution in [1.82, 2.24) is 19.5 Å². The lowest BCUT2D eigenvalue weighted by Crippen LogP contribution is -2.65. The molecule has 2 saturated heterocycles. The number of nitro groups is 1. The van der Waals surface area contributed by atoms with Gasteiger partial charge in [-0.2, -0.15) is 9.97 Å². The molecular formula is C28H42N6O8Si2. The number of nitrogens with two attached hydrogens (primary N) is 1. The number of rotatable bonds is 8. The summed E-state index contributed by atoms with van der Waals surface area (Å²) in [6.45, 7) is 17.2. The summed E-state index contributed by atoms with van der Waals surface area (Å²) in [4.78, 5) is 24.0. The molecule has 0 bridgehead atoms. The van der Waals surface area contributed by atoms with E-state index in [9.17, 15) is 15.2 Å². The molecule has 1 aromatic carbocycles. The number of nitrogen functional groups attached to an aromatic ring is 1. The van der Waals surface area contributed by atoms with Crippen LogP contribution < -0.4 is 10.5 Å². The minimum Gasteiger partial charge on any atom is -0.429 e. The fourth-order valence-corrected chi connectivity index (χ4v) is 17.5. The summed E-state index contributed by atoms with van der Waals surface area (Å²) in [7, 11) is -5.81. The summed E-state index contributed by atoms with van der Waals surface area (Å²) >= 11 is 0. The number of imidazole rings is 1. The van der Waals surface area contributed by atoms with Crippen molar-refractivity contribution in [2.45, 2.75) is 102 Å². The van der Waals surface area contributed by atoms with Gasteiger partial charge in [0, 0.05) is 6.07 Å². The average molecular weight is 647 g/mol. The SMILES string of the molecule is CC(C)[Si]1(C(C)C)OC[C@H]2O[C@@H](n3cnc4c(Oc5ccccc5[N+](=O)[O-])nc(N)nc43)[C@H](O)[C@@H]2O[Si](C(C)C)(C(C)C)O1. The monoisotopic (exact) mass is 646 g/mol. The Balaban J connectivity index is 1.54. The summed E-state index contributed by atoms with van der Waals surface area (Å²) in [6, 6.07) is 5.92. The molecule has 5 rings (SSSR count). The van der Waals surface area contributed by atoms with Crippen molar-refractivity contribution >= 4 is 39.9 Å². The van der Waals surface area contributed by atoms with Gasteiger partial charge in [-0.3, -0.25) is 14.7 Å². The number of aliphatic hydroxyl groups excluding tert-OH is 1. The molecule has 3 N–H and O–H groups in total. The Morgan fingerprint density at radius 1 is 1.05 bits per heavy atom. The van der Waals surface area contributed by atoms with E-state index >= 15 is 0 Å². The first-order valence-corrected chi connectivity index (χ1v) is 18.9. The summed E-state index contributed by atoms with van der Waals surface area (Å²) in [6.07, 6.45) is -1.96. The molecule has 14 nitrogen and oxygen atoms in total. The molecule has 4 atom stereocenters. The van der Waals surface area contributed by atoms with Crippen LogP contribution in [-0.4, -0.2) is 71.6 Å². The fraction of sp³-hybridized carbons (Fsp3) is 0.607. The molecule has 4 heterocycles. The lowest BCUT2D eigenvalue weighted by atomic mass is 10.1. The predicted octanol–water partition coefficient (Wildman–Crippen LogP) is 5.32. The van der Waals surface area contributed by atoms with Gasteiger partial charge < -0.3 is 33.3 Å². The van der Waals surface area contributed by atoms with Gasteiger partial charge >= 0.3 is 22.8 Å². The summed E-state index contributed by atoms with van der Waals surface area (Å²) in [5.41, 5.74) is 6.69. The lowest BCUT2D eigenvalue weighted by Gasteiger charge is -2.51. The number of aromatic nitrogens is 4. The molecule has 0 spiro atoms. The second kappa shape index (κ2) is 12.1. The van der Waals surface area contributed by atoms with Gasteiger partial charge in [0.15, 0.2) is 17.4 Å². The quantitative estimate of drug-likeness (QED) is 0.183. The van der Waals surface area contributed by atoms with Crippen molar-refractivity contribution in [3.8, 4) is 11.6 Å². The predicted molar refractivity (Wildman–Crippen MR) is 167 cm³/mol. The number of aliphatic hydroxyl groups is 1. The Morgan fingerprint density at radius 2 is 1.68 bits per heavy atom. The zero-order chi connectivity index (χ0) is 32.1. The zero-order valence-corrected chi connectivity index (χ0v) is 28.3. The van der Waals surface area contributed by atoms with Crippen LogP contribution in [0, 0.1) is 10.1 Å². The van der Waals surface area contributed by atoms with E-state index in [2.05, 4.69) is 70.3 Å². The maximum Gasteiger partial charge on any atom is 0.335 e. The first-order valence-electron chi connectivity index (χ1n) is 15.0. The maximum absolute atomic E-state index is 11.8. The minimum atomic E-state index is -3.00. The molecule has 16 heteroatoms. The average Bonchev–Trinajstić information content (AvgIpc) is 3.48. The molecule has 240 valence electrons. The maximum atomic E-state index is 11.8. The van der Waals surface area contributed by atoms with Gasteiger partial charge in [0.2, 0.25) is 11.7 Å². The van der Waals surface area contributed by atoms with Crippen LogP contribution in [0.5, 0.6) is 11.6 Å². The van der Waals surface area contributed by atoms with E-state index in [1.807, 2.05) is 0 Å². The molecule has 0 radical (unpaired) electrons. The van der Waals surface area contributed by atoms with E-state index in [0.717, 1.165) is 0 Å². The number of ether oxygens (including phenoxy) is 2. The highest BCUT2D eigenvalue weighted by atomic mass is 28.5. The van der Waals surface area contributed by atoms with Crippen molar-refractivity contribution in [3.05, 3.63) is 40.7 Å². The Kier molecular flexibility index (Phi) is 8.89. The van der Waals surface area contributed by atoms with Gasteiger partial charge in [-0.25, -0.2) is 4.98 Å². The van der Waals surface area contributed by atoms with E-state index in [1.54, 1.807) is 10.6 Å². The van der Waals surface area contributed by atoms with E-state index in [4.69, 9.17) is 28.2 Å². The van der Waals surface area contributed by atoms with Crippen molar-refractivity contribution in [1.29, 1.82) is 0 Å². The third-order valence-corrected chi connectivity index (χ3v) is 18.8. The molecule has 2 aliphatic heterocycles. The Bertz CT molecular complexity index is 1500. The smallest absolute Gasteiger partial charge is 0.335 e. The van der Waals surface area contributed by atoms with Crippen LogP contribution in [0.4, 0.5) is 11.6 Å². The van der Waals surface area contributed by atoms with Gasteiger partial charge in [0.1, 0.15) is 18.3 Å². The normalized spacial score (nSPS) is 25.0. The highest BCUT2D eigenvalue weighted by Crippen LogP contribution is 2.48. The van der Waals surface area contributed by atoms with Crippen LogP contribution in [0.2, 0.25) is 22.2 Å². The van der Waals surface area contributed by atoms with Crippen molar-refractivity contribution < 1.29 is 32.5 Å². The van der Waals surface area contributed by atoms with Crippen LogP contribution in [0.1, 0.15) is 61.6 Å². The minimum absolute atomic E-state index is 0.0284. The third kappa shape index (κ3) is 5.41. The Labute approximate surface area is 258 Å². The van der Waals surface area contributed by atoms with E-state index in [-0.39, 0.29) is 63.2 Å². The van der Waals surface area contributed by atoms with Crippen LogP contribution in [0.15, 0.2) is 30.6 Å². The van der Waals surface area contributed by atoms with Gasteiger partial charge in [-0.15, -0.1) is 0 Å². The number of nitrogens with zero attached hydrogens (tertiary/aromatic N) is 5. The molecule has 0 amide bonds.